The van der Waals surface area contributed by atoms with Crippen molar-refractivity contribution in [1.82, 2.24) is 4.90 Å². The zero-order valence-corrected chi connectivity index (χ0v) is 21.4. The maximum atomic E-state index is 13.7. The molecule has 0 aliphatic heterocycles. The predicted molar refractivity (Wildman–Crippen MR) is 142 cm³/mol. The molecule has 5 rings (SSSR count). The number of rotatable bonds is 4. The second-order valence-corrected chi connectivity index (χ2v) is 10.6. The third-order valence-corrected chi connectivity index (χ3v) is 8.02. The molecule has 0 bridgehead atoms. The van der Waals surface area contributed by atoms with Crippen molar-refractivity contribution in [2.24, 2.45) is 23.5 Å². The average Bonchev–Trinajstić information content (AvgIpc) is 2.83. The van der Waals surface area contributed by atoms with Crippen LogP contribution in [0.1, 0.15) is 39.0 Å². The summed E-state index contributed by atoms with van der Waals surface area (Å²) >= 11 is 0. The van der Waals surface area contributed by atoms with Gasteiger partial charge in [-0.15, -0.1) is 0 Å². The molecule has 1 unspecified atom stereocenters. The number of ketones is 2. The standard InChI is InChI=1S/C30H30N2O6/c1-14-4-6-15(7-5-14)8-9-16-10-11-20(33)22-18(16)12-17-13-19-23(27(35)21(17)26(22)34)28(36)24(30(31)38)29(37)25(19)32(2)3/h4-11,17,19,23,25,33,35,37H,12-13H2,1-3H3,(H2,31,38)/b9-8+/t17-,19+,23?,25-/m0/s1. The number of nitrogens with two attached hydrogens (primary N) is 1. The van der Waals surface area contributed by atoms with Gasteiger partial charge in [0.05, 0.1) is 17.5 Å². The number of carbonyl (C=O) groups is 3. The lowest BCUT2D eigenvalue weighted by molar-refractivity contribution is -0.127. The normalized spacial score (nSPS) is 25.1. The Labute approximate surface area is 220 Å². The van der Waals surface area contributed by atoms with Crippen molar-refractivity contribution in [1.29, 1.82) is 0 Å². The maximum Gasteiger partial charge on any atom is 0.255 e. The molecule has 0 saturated carbocycles. The molecular weight excluding hydrogens is 484 g/mol. The highest BCUT2D eigenvalue weighted by atomic mass is 16.3. The van der Waals surface area contributed by atoms with E-state index in [0.717, 1.165) is 16.7 Å². The minimum absolute atomic E-state index is 0.0739. The van der Waals surface area contributed by atoms with Crippen LogP contribution in [0.4, 0.5) is 0 Å². The molecule has 2 aromatic rings. The number of likely N-dealkylation sites (N-methyl/N-ethyl adjacent to an activating group) is 1. The monoisotopic (exact) mass is 514 g/mol. The summed E-state index contributed by atoms with van der Waals surface area (Å²) in [6.07, 6.45) is 4.51. The molecule has 8 heteroatoms. The van der Waals surface area contributed by atoms with Crippen molar-refractivity contribution in [2.75, 3.05) is 14.1 Å². The van der Waals surface area contributed by atoms with Gasteiger partial charge in [0.2, 0.25) is 0 Å². The quantitative estimate of drug-likeness (QED) is 0.362. The Morgan fingerprint density at radius 3 is 2.32 bits per heavy atom. The maximum absolute atomic E-state index is 13.7. The van der Waals surface area contributed by atoms with Gasteiger partial charge in [0.25, 0.3) is 5.91 Å². The van der Waals surface area contributed by atoms with Crippen molar-refractivity contribution in [3.05, 3.63) is 86.9 Å². The molecule has 0 heterocycles. The van der Waals surface area contributed by atoms with Crippen LogP contribution in [0.15, 0.2) is 59.1 Å². The molecule has 5 N–H and O–H groups in total. The summed E-state index contributed by atoms with van der Waals surface area (Å²) in [6.45, 7) is 2.01. The Morgan fingerprint density at radius 1 is 1.00 bits per heavy atom. The number of carbonyl (C=O) groups excluding carboxylic acids is 3. The Morgan fingerprint density at radius 2 is 1.68 bits per heavy atom. The minimum Gasteiger partial charge on any atom is -0.511 e. The van der Waals surface area contributed by atoms with Crippen molar-refractivity contribution < 1.29 is 29.7 Å². The van der Waals surface area contributed by atoms with Gasteiger partial charge >= 0.3 is 0 Å². The number of aliphatic hydroxyl groups is 2. The second kappa shape index (κ2) is 9.29. The van der Waals surface area contributed by atoms with Crippen molar-refractivity contribution in [2.45, 2.75) is 25.8 Å². The summed E-state index contributed by atoms with van der Waals surface area (Å²) in [4.78, 5) is 40.8. The number of nitrogens with zero attached hydrogens (tertiary/aromatic N) is 1. The van der Waals surface area contributed by atoms with Gasteiger partial charge in [-0.2, -0.15) is 0 Å². The molecule has 1 amide bonds. The molecule has 3 aliphatic carbocycles. The Bertz CT molecular complexity index is 1460. The van der Waals surface area contributed by atoms with Crippen LogP contribution in [0.2, 0.25) is 0 Å². The second-order valence-electron chi connectivity index (χ2n) is 10.6. The van der Waals surface area contributed by atoms with E-state index in [4.69, 9.17) is 5.73 Å². The van der Waals surface area contributed by atoms with E-state index in [1.807, 2.05) is 43.3 Å². The zero-order chi connectivity index (χ0) is 27.5. The highest BCUT2D eigenvalue weighted by Gasteiger charge is 2.54. The first-order chi connectivity index (χ1) is 18.0. The molecule has 0 radical (unpaired) electrons. The minimum atomic E-state index is -1.19. The lowest BCUT2D eigenvalue weighted by Gasteiger charge is -2.46. The van der Waals surface area contributed by atoms with Gasteiger partial charge in [0.1, 0.15) is 22.8 Å². The van der Waals surface area contributed by atoms with E-state index in [-0.39, 0.29) is 16.9 Å². The van der Waals surface area contributed by atoms with Crippen LogP contribution in [0.25, 0.3) is 12.2 Å². The molecule has 0 fully saturated rings. The Kier molecular flexibility index (Phi) is 6.23. The van der Waals surface area contributed by atoms with Crippen LogP contribution >= 0.6 is 0 Å². The van der Waals surface area contributed by atoms with E-state index in [0.29, 0.717) is 18.4 Å². The van der Waals surface area contributed by atoms with Crippen LogP contribution in [0, 0.1) is 24.7 Å². The third-order valence-electron chi connectivity index (χ3n) is 8.02. The van der Waals surface area contributed by atoms with E-state index in [1.54, 1.807) is 25.1 Å². The molecule has 2 aromatic carbocycles. The molecule has 8 nitrogen and oxygen atoms in total. The summed E-state index contributed by atoms with van der Waals surface area (Å²) in [7, 11) is 3.41. The summed E-state index contributed by atoms with van der Waals surface area (Å²) in [5.41, 5.74) is 8.61. The van der Waals surface area contributed by atoms with Gasteiger partial charge in [-0.25, -0.2) is 0 Å². The number of hydrogen-bond acceptors (Lipinski definition) is 7. The fraction of sp³-hybridized carbons (Fsp3) is 0.300. The molecule has 4 atom stereocenters. The average molecular weight is 515 g/mol. The molecule has 38 heavy (non-hydrogen) atoms. The number of aromatic hydroxyl groups is 1. The summed E-state index contributed by atoms with van der Waals surface area (Å²) < 4.78 is 0. The lowest BCUT2D eigenvalue weighted by atomic mass is 9.60. The van der Waals surface area contributed by atoms with Gasteiger partial charge in [0, 0.05) is 5.57 Å². The van der Waals surface area contributed by atoms with Crippen LogP contribution in [0.5, 0.6) is 5.75 Å². The number of phenolic OH excluding ortho intramolecular Hbond substituents is 1. The molecule has 0 saturated heterocycles. The number of hydrogen-bond donors (Lipinski definition) is 4. The van der Waals surface area contributed by atoms with E-state index in [1.165, 1.54) is 6.07 Å². The van der Waals surface area contributed by atoms with Crippen molar-refractivity contribution in [3.63, 3.8) is 0 Å². The number of aryl methyl sites for hydroxylation is 1. The summed E-state index contributed by atoms with van der Waals surface area (Å²) in [5.74, 6) is -5.64. The first kappa shape index (κ1) is 25.5. The predicted octanol–water partition coefficient (Wildman–Crippen LogP) is 3.48. The number of aliphatic hydroxyl groups excluding tert-OH is 2. The van der Waals surface area contributed by atoms with E-state index < -0.39 is 58.4 Å². The molecule has 0 spiro atoms. The van der Waals surface area contributed by atoms with Gasteiger partial charge in [-0.1, -0.05) is 48.0 Å². The number of allylic oxidation sites excluding steroid dienone is 2. The van der Waals surface area contributed by atoms with E-state index in [9.17, 15) is 29.7 Å². The highest BCUT2D eigenvalue weighted by molar-refractivity contribution is 6.22. The number of fused-ring (bicyclic) bond motifs is 3. The summed E-state index contributed by atoms with van der Waals surface area (Å²) in [5, 5.41) is 32.9. The Balaban J connectivity index is 1.61. The number of benzene rings is 2. The van der Waals surface area contributed by atoms with Crippen LogP contribution in [-0.2, 0) is 16.0 Å². The number of Topliss-reactive ketones (excluding diaryl/α,β-unsaturated/α-hetero) is 2. The van der Waals surface area contributed by atoms with E-state index >= 15 is 0 Å². The van der Waals surface area contributed by atoms with Gasteiger partial charge in [-0.05, 0) is 68.5 Å². The zero-order valence-electron chi connectivity index (χ0n) is 21.4. The molecule has 3 aliphatic rings. The third kappa shape index (κ3) is 3.92. The largest absolute Gasteiger partial charge is 0.511 e. The van der Waals surface area contributed by atoms with Crippen molar-refractivity contribution in [3.8, 4) is 5.75 Å². The van der Waals surface area contributed by atoms with Gasteiger partial charge in [0.15, 0.2) is 11.6 Å². The van der Waals surface area contributed by atoms with Crippen LogP contribution < -0.4 is 5.73 Å². The number of phenols is 1. The summed E-state index contributed by atoms with van der Waals surface area (Å²) in [6, 6.07) is 10.5. The van der Waals surface area contributed by atoms with Crippen LogP contribution in [-0.4, -0.2) is 57.8 Å². The van der Waals surface area contributed by atoms with E-state index in [2.05, 4.69) is 0 Å². The first-order valence-electron chi connectivity index (χ1n) is 12.5. The smallest absolute Gasteiger partial charge is 0.255 e. The molecular formula is C30H30N2O6. The van der Waals surface area contributed by atoms with Gasteiger partial charge < -0.3 is 21.1 Å². The topological polar surface area (TPSA) is 141 Å². The molecule has 0 aromatic heterocycles. The fourth-order valence-corrected chi connectivity index (χ4v) is 6.31. The SMILES string of the molecule is Cc1ccc(/C=C/c2ccc(O)c3c2C[C@H]2C[C@@H]4C(C(=O)C(C(N)=O)=C(O)[C@H]4N(C)C)C(O)=C2C3=O)cc1. The van der Waals surface area contributed by atoms with Gasteiger partial charge in [-0.3, -0.25) is 19.3 Å². The lowest BCUT2D eigenvalue weighted by Crippen LogP contribution is -2.53. The highest BCUT2D eigenvalue weighted by Crippen LogP contribution is 2.50. The van der Waals surface area contributed by atoms with Crippen LogP contribution in [0.3, 0.4) is 0 Å². The first-order valence-corrected chi connectivity index (χ1v) is 12.5. The number of amides is 1. The fourth-order valence-electron chi connectivity index (χ4n) is 6.31. The molecule has 196 valence electrons. The van der Waals surface area contributed by atoms with Crippen molar-refractivity contribution >= 4 is 29.6 Å². The number of primary amides is 1. The Hall–Kier alpha value is -4.17.